The number of halogens is 1. The Morgan fingerprint density at radius 3 is 2.39 bits per heavy atom. The molecule has 132 valence electrons. The molecule has 0 aliphatic heterocycles. The SMILES string of the molecule is CCNC(=O)C(C)(C)CNC(=NC)NCc1nc(C)c(C)s1.I. The third kappa shape index (κ3) is 7.03. The van der Waals surface area contributed by atoms with Crippen LogP contribution in [0, 0.1) is 19.3 Å². The number of hydrogen-bond acceptors (Lipinski definition) is 4. The Hall–Kier alpha value is -0.900. The number of aryl methyl sites for hydroxylation is 2. The summed E-state index contributed by atoms with van der Waals surface area (Å²) in [5, 5.41) is 10.3. The Balaban J connectivity index is 0.00000484. The number of nitrogens with one attached hydrogen (secondary N) is 3. The van der Waals surface area contributed by atoms with Gasteiger partial charge in [0.1, 0.15) is 5.01 Å². The molecule has 1 heterocycles. The molecule has 8 heteroatoms. The fourth-order valence-corrected chi connectivity index (χ4v) is 2.65. The van der Waals surface area contributed by atoms with E-state index in [1.165, 1.54) is 4.88 Å². The lowest BCUT2D eigenvalue weighted by molar-refractivity contribution is -0.128. The molecule has 0 saturated heterocycles. The number of aromatic nitrogens is 1. The monoisotopic (exact) mass is 453 g/mol. The van der Waals surface area contributed by atoms with Gasteiger partial charge in [0.15, 0.2) is 5.96 Å². The van der Waals surface area contributed by atoms with Crippen molar-refractivity contribution in [3.8, 4) is 0 Å². The zero-order chi connectivity index (χ0) is 16.8. The smallest absolute Gasteiger partial charge is 0.227 e. The fourth-order valence-electron chi connectivity index (χ4n) is 1.78. The van der Waals surface area contributed by atoms with Crippen molar-refractivity contribution in [2.75, 3.05) is 20.1 Å². The maximum atomic E-state index is 12.0. The molecule has 1 rings (SSSR count). The molecule has 1 amide bonds. The van der Waals surface area contributed by atoms with Crippen LogP contribution in [0.15, 0.2) is 4.99 Å². The highest BCUT2D eigenvalue weighted by molar-refractivity contribution is 14.0. The number of thiazole rings is 1. The summed E-state index contributed by atoms with van der Waals surface area (Å²) >= 11 is 1.68. The quantitative estimate of drug-likeness (QED) is 0.351. The number of amides is 1. The van der Waals surface area contributed by atoms with Crippen molar-refractivity contribution in [3.63, 3.8) is 0 Å². The van der Waals surface area contributed by atoms with Gasteiger partial charge in [0, 0.05) is 25.0 Å². The van der Waals surface area contributed by atoms with E-state index in [1.54, 1.807) is 18.4 Å². The number of aliphatic imine (C=N–C) groups is 1. The number of rotatable bonds is 6. The van der Waals surface area contributed by atoms with Crippen LogP contribution in [0.25, 0.3) is 0 Å². The summed E-state index contributed by atoms with van der Waals surface area (Å²) < 4.78 is 0. The van der Waals surface area contributed by atoms with Crippen molar-refractivity contribution in [3.05, 3.63) is 15.6 Å². The lowest BCUT2D eigenvalue weighted by Crippen LogP contribution is -2.47. The number of carbonyl (C=O) groups is 1. The standard InChI is InChI=1S/C15H27N5OS.HI/c1-7-17-13(21)15(4,5)9-19-14(16-6)18-8-12-20-10(2)11(3)22-12;/h7-9H2,1-6H3,(H,17,21)(H2,16,18,19);1H. The van der Waals surface area contributed by atoms with E-state index in [0.717, 1.165) is 10.7 Å². The molecule has 0 aliphatic rings. The highest BCUT2D eigenvalue weighted by atomic mass is 127. The Morgan fingerprint density at radius 1 is 1.26 bits per heavy atom. The summed E-state index contributed by atoms with van der Waals surface area (Å²) in [6.45, 7) is 11.6. The second kappa shape index (κ2) is 10.1. The largest absolute Gasteiger partial charge is 0.356 e. The van der Waals surface area contributed by atoms with Crippen LogP contribution in [-0.4, -0.2) is 37.0 Å². The summed E-state index contributed by atoms with van der Waals surface area (Å²) in [5.74, 6) is 0.701. The van der Waals surface area contributed by atoms with Gasteiger partial charge in [0.25, 0.3) is 0 Å². The zero-order valence-corrected chi connectivity index (χ0v) is 17.9. The summed E-state index contributed by atoms with van der Waals surface area (Å²) in [5.41, 5.74) is 0.573. The van der Waals surface area contributed by atoms with E-state index in [1.807, 2.05) is 27.7 Å². The molecule has 0 atom stereocenters. The summed E-state index contributed by atoms with van der Waals surface area (Å²) in [4.78, 5) is 21.9. The summed E-state index contributed by atoms with van der Waals surface area (Å²) in [6, 6.07) is 0. The molecular weight excluding hydrogens is 425 g/mol. The normalized spacial score (nSPS) is 11.7. The molecule has 0 saturated carbocycles. The van der Waals surface area contributed by atoms with E-state index in [4.69, 9.17) is 0 Å². The first-order valence-electron chi connectivity index (χ1n) is 7.46. The molecule has 0 aliphatic carbocycles. The van der Waals surface area contributed by atoms with Crippen LogP contribution in [0.1, 0.15) is 36.3 Å². The van der Waals surface area contributed by atoms with Gasteiger partial charge in [-0.05, 0) is 34.6 Å². The number of nitrogens with zero attached hydrogens (tertiary/aromatic N) is 2. The summed E-state index contributed by atoms with van der Waals surface area (Å²) in [7, 11) is 1.72. The molecule has 0 unspecified atom stereocenters. The van der Waals surface area contributed by atoms with Gasteiger partial charge in [-0.3, -0.25) is 9.79 Å². The van der Waals surface area contributed by atoms with Gasteiger partial charge in [-0.15, -0.1) is 35.3 Å². The fraction of sp³-hybridized carbons (Fsp3) is 0.667. The molecule has 3 N–H and O–H groups in total. The highest BCUT2D eigenvalue weighted by Gasteiger charge is 2.27. The minimum atomic E-state index is -0.498. The molecule has 1 aromatic rings. The minimum absolute atomic E-state index is 0. The molecule has 0 bridgehead atoms. The van der Waals surface area contributed by atoms with Gasteiger partial charge in [0.2, 0.25) is 5.91 Å². The van der Waals surface area contributed by atoms with E-state index in [2.05, 4.69) is 32.9 Å². The Labute approximate surface area is 160 Å². The second-order valence-corrected chi connectivity index (χ2v) is 7.06. The van der Waals surface area contributed by atoms with Crippen LogP contribution in [0.4, 0.5) is 0 Å². The maximum Gasteiger partial charge on any atom is 0.227 e. The Morgan fingerprint density at radius 2 is 1.91 bits per heavy atom. The third-order valence-corrected chi connectivity index (χ3v) is 4.43. The van der Waals surface area contributed by atoms with Crippen molar-refractivity contribution in [1.82, 2.24) is 20.9 Å². The highest BCUT2D eigenvalue weighted by Crippen LogP contribution is 2.16. The topological polar surface area (TPSA) is 78.4 Å². The molecule has 0 fully saturated rings. The Bertz CT molecular complexity index is 522. The first-order valence-corrected chi connectivity index (χ1v) is 8.27. The molecule has 23 heavy (non-hydrogen) atoms. The van der Waals surface area contributed by atoms with Crippen molar-refractivity contribution in [2.24, 2.45) is 10.4 Å². The lowest BCUT2D eigenvalue weighted by Gasteiger charge is -2.24. The third-order valence-electron chi connectivity index (χ3n) is 3.35. The van der Waals surface area contributed by atoms with E-state index in [0.29, 0.717) is 25.6 Å². The maximum absolute atomic E-state index is 12.0. The number of hydrogen-bond donors (Lipinski definition) is 3. The van der Waals surface area contributed by atoms with Crippen LogP contribution in [-0.2, 0) is 11.3 Å². The minimum Gasteiger partial charge on any atom is -0.356 e. The average molecular weight is 453 g/mol. The second-order valence-electron chi connectivity index (χ2n) is 5.77. The first kappa shape index (κ1) is 22.1. The van der Waals surface area contributed by atoms with Crippen molar-refractivity contribution in [2.45, 2.75) is 41.2 Å². The molecule has 0 spiro atoms. The molecule has 0 aromatic carbocycles. The molecular formula is C15H28IN5OS. The van der Waals surface area contributed by atoms with Crippen LogP contribution < -0.4 is 16.0 Å². The molecule has 6 nitrogen and oxygen atoms in total. The predicted molar refractivity (Wildman–Crippen MR) is 108 cm³/mol. The van der Waals surface area contributed by atoms with Gasteiger partial charge in [-0.1, -0.05) is 0 Å². The van der Waals surface area contributed by atoms with Gasteiger partial charge in [-0.25, -0.2) is 4.98 Å². The predicted octanol–water partition coefficient (Wildman–Crippen LogP) is 2.21. The lowest BCUT2D eigenvalue weighted by atomic mass is 9.92. The van der Waals surface area contributed by atoms with Crippen molar-refractivity contribution in [1.29, 1.82) is 0 Å². The van der Waals surface area contributed by atoms with Crippen LogP contribution in [0.3, 0.4) is 0 Å². The zero-order valence-electron chi connectivity index (χ0n) is 14.7. The molecule has 0 radical (unpaired) electrons. The molecule has 1 aromatic heterocycles. The van der Waals surface area contributed by atoms with Crippen molar-refractivity contribution < 1.29 is 4.79 Å². The van der Waals surface area contributed by atoms with E-state index < -0.39 is 5.41 Å². The van der Waals surface area contributed by atoms with Crippen LogP contribution in [0.2, 0.25) is 0 Å². The van der Waals surface area contributed by atoms with E-state index >= 15 is 0 Å². The van der Waals surface area contributed by atoms with E-state index in [-0.39, 0.29) is 29.9 Å². The van der Waals surface area contributed by atoms with Gasteiger partial charge < -0.3 is 16.0 Å². The van der Waals surface area contributed by atoms with Crippen LogP contribution >= 0.6 is 35.3 Å². The van der Waals surface area contributed by atoms with E-state index in [9.17, 15) is 4.79 Å². The number of guanidine groups is 1. The van der Waals surface area contributed by atoms with Crippen molar-refractivity contribution >= 4 is 47.2 Å². The first-order chi connectivity index (χ1) is 10.3. The van der Waals surface area contributed by atoms with Gasteiger partial charge >= 0.3 is 0 Å². The van der Waals surface area contributed by atoms with Gasteiger partial charge in [-0.2, -0.15) is 0 Å². The Kier molecular flexibility index (Phi) is 9.67. The summed E-state index contributed by atoms with van der Waals surface area (Å²) in [6.07, 6.45) is 0. The number of carbonyl (C=O) groups excluding carboxylic acids is 1. The van der Waals surface area contributed by atoms with Crippen LogP contribution in [0.5, 0.6) is 0 Å². The van der Waals surface area contributed by atoms with Gasteiger partial charge in [0.05, 0.1) is 17.7 Å². The average Bonchev–Trinajstić information content (AvgIpc) is 2.78.